The molecule has 2 heterocycles. The number of aromatic nitrogens is 2. The normalized spacial score (nSPS) is 17.5. The number of rotatable bonds is 2. The standard InChI is InChI=1S/C13H17N3O/c1-9-13-11(16-15-9)3-2-4-12(13)17-10-5-7-14-8-6-10/h2-4,10,14H,5-8H2,1H3,(H,15,16). The van der Waals surface area contributed by atoms with Crippen molar-refractivity contribution in [2.75, 3.05) is 13.1 Å². The number of hydrogen-bond acceptors (Lipinski definition) is 3. The highest BCUT2D eigenvalue weighted by molar-refractivity contribution is 5.87. The van der Waals surface area contributed by atoms with Gasteiger partial charge in [-0.3, -0.25) is 5.10 Å². The molecule has 1 fully saturated rings. The molecule has 0 radical (unpaired) electrons. The molecule has 0 spiro atoms. The van der Waals surface area contributed by atoms with E-state index >= 15 is 0 Å². The van der Waals surface area contributed by atoms with Crippen LogP contribution in [0.5, 0.6) is 5.75 Å². The highest BCUT2D eigenvalue weighted by atomic mass is 16.5. The molecule has 1 aromatic heterocycles. The minimum absolute atomic E-state index is 0.330. The summed E-state index contributed by atoms with van der Waals surface area (Å²) in [5.74, 6) is 0.959. The van der Waals surface area contributed by atoms with Crippen LogP contribution >= 0.6 is 0 Å². The Bertz CT molecular complexity index is 514. The zero-order valence-corrected chi connectivity index (χ0v) is 9.99. The maximum atomic E-state index is 6.11. The third kappa shape index (κ3) is 2.00. The molecule has 3 rings (SSSR count). The molecular formula is C13H17N3O. The van der Waals surface area contributed by atoms with Crippen molar-refractivity contribution >= 4 is 10.9 Å². The smallest absolute Gasteiger partial charge is 0.130 e. The number of hydrogen-bond donors (Lipinski definition) is 2. The van der Waals surface area contributed by atoms with Gasteiger partial charge in [-0.2, -0.15) is 5.10 Å². The van der Waals surface area contributed by atoms with Gasteiger partial charge in [0.15, 0.2) is 0 Å². The Labute approximate surface area is 100 Å². The Morgan fingerprint density at radius 1 is 1.29 bits per heavy atom. The summed E-state index contributed by atoms with van der Waals surface area (Å²) in [5.41, 5.74) is 2.05. The zero-order chi connectivity index (χ0) is 11.7. The Hall–Kier alpha value is -1.55. The first kappa shape index (κ1) is 10.6. The van der Waals surface area contributed by atoms with E-state index in [0.29, 0.717) is 6.10 Å². The molecule has 0 amide bonds. The largest absolute Gasteiger partial charge is 0.490 e. The molecule has 1 aliphatic rings. The van der Waals surface area contributed by atoms with E-state index in [0.717, 1.165) is 48.3 Å². The van der Waals surface area contributed by atoms with E-state index in [1.807, 2.05) is 25.1 Å². The van der Waals surface area contributed by atoms with Crippen molar-refractivity contribution in [3.8, 4) is 5.75 Å². The Kier molecular flexibility index (Phi) is 2.73. The zero-order valence-electron chi connectivity index (χ0n) is 9.99. The summed E-state index contributed by atoms with van der Waals surface area (Å²) < 4.78 is 6.11. The Morgan fingerprint density at radius 2 is 2.12 bits per heavy atom. The lowest BCUT2D eigenvalue weighted by atomic mass is 10.1. The molecule has 4 nitrogen and oxygen atoms in total. The van der Waals surface area contributed by atoms with Gasteiger partial charge in [-0.05, 0) is 45.0 Å². The summed E-state index contributed by atoms with van der Waals surface area (Å²) >= 11 is 0. The highest BCUT2D eigenvalue weighted by Crippen LogP contribution is 2.28. The van der Waals surface area contributed by atoms with Crippen molar-refractivity contribution in [2.45, 2.75) is 25.9 Å². The molecule has 90 valence electrons. The Morgan fingerprint density at radius 3 is 2.94 bits per heavy atom. The Balaban J connectivity index is 1.91. The SMILES string of the molecule is Cc1[nH]nc2cccc(OC3CCNCC3)c12. The molecule has 0 unspecified atom stereocenters. The number of aryl methyl sites for hydroxylation is 1. The number of nitrogens with one attached hydrogen (secondary N) is 2. The lowest BCUT2D eigenvalue weighted by Gasteiger charge is -2.24. The maximum absolute atomic E-state index is 6.11. The highest BCUT2D eigenvalue weighted by Gasteiger charge is 2.16. The van der Waals surface area contributed by atoms with Crippen molar-refractivity contribution in [3.63, 3.8) is 0 Å². The van der Waals surface area contributed by atoms with Gasteiger partial charge in [-0.15, -0.1) is 0 Å². The minimum atomic E-state index is 0.330. The minimum Gasteiger partial charge on any atom is -0.490 e. The lowest BCUT2D eigenvalue weighted by Crippen LogP contribution is -2.34. The van der Waals surface area contributed by atoms with Crippen molar-refractivity contribution in [1.82, 2.24) is 15.5 Å². The fraction of sp³-hybridized carbons (Fsp3) is 0.462. The number of benzene rings is 1. The van der Waals surface area contributed by atoms with Crippen molar-refractivity contribution in [1.29, 1.82) is 0 Å². The van der Waals surface area contributed by atoms with Crippen LogP contribution in [-0.2, 0) is 0 Å². The summed E-state index contributed by atoms with van der Waals surface area (Å²) in [4.78, 5) is 0. The van der Waals surface area contributed by atoms with Crippen molar-refractivity contribution in [2.24, 2.45) is 0 Å². The fourth-order valence-corrected chi connectivity index (χ4v) is 2.38. The fourth-order valence-electron chi connectivity index (χ4n) is 2.38. The first-order valence-electron chi connectivity index (χ1n) is 6.15. The lowest BCUT2D eigenvalue weighted by molar-refractivity contribution is 0.164. The second-order valence-corrected chi connectivity index (χ2v) is 4.57. The van der Waals surface area contributed by atoms with Crippen LogP contribution in [0.15, 0.2) is 18.2 Å². The van der Waals surface area contributed by atoms with Crippen molar-refractivity contribution in [3.05, 3.63) is 23.9 Å². The number of fused-ring (bicyclic) bond motifs is 1. The summed E-state index contributed by atoms with van der Waals surface area (Å²) in [6, 6.07) is 6.04. The number of ether oxygens (including phenoxy) is 1. The molecule has 4 heteroatoms. The molecule has 1 aromatic carbocycles. The van der Waals surface area contributed by atoms with Crippen LogP contribution < -0.4 is 10.1 Å². The van der Waals surface area contributed by atoms with Gasteiger partial charge in [-0.1, -0.05) is 6.07 Å². The molecule has 0 atom stereocenters. The van der Waals surface area contributed by atoms with Gasteiger partial charge in [0.2, 0.25) is 0 Å². The molecule has 0 bridgehead atoms. The van der Waals surface area contributed by atoms with Crippen LogP contribution in [-0.4, -0.2) is 29.4 Å². The van der Waals surface area contributed by atoms with E-state index in [1.54, 1.807) is 0 Å². The van der Waals surface area contributed by atoms with Gasteiger partial charge in [-0.25, -0.2) is 0 Å². The maximum Gasteiger partial charge on any atom is 0.130 e. The van der Waals surface area contributed by atoms with Gasteiger partial charge in [0.05, 0.1) is 10.9 Å². The van der Waals surface area contributed by atoms with E-state index in [-0.39, 0.29) is 0 Å². The monoisotopic (exact) mass is 231 g/mol. The van der Waals surface area contributed by atoms with Gasteiger partial charge >= 0.3 is 0 Å². The summed E-state index contributed by atoms with van der Waals surface area (Å²) in [7, 11) is 0. The summed E-state index contributed by atoms with van der Waals surface area (Å²) in [6.45, 7) is 4.13. The topological polar surface area (TPSA) is 49.9 Å². The van der Waals surface area contributed by atoms with E-state index < -0.39 is 0 Å². The molecule has 2 aromatic rings. The third-order valence-electron chi connectivity index (χ3n) is 3.30. The van der Waals surface area contributed by atoms with Crippen LogP contribution in [0.25, 0.3) is 10.9 Å². The third-order valence-corrected chi connectivity index (χ3v) is 3.30. The molecule has 1 saturated heterocycles. The second-order valence-electron chi connectivity index (χ2n) is 4.57. The quantitative estimate of drug-likeness (QED) is 0.831. The number of aromatic amines is 1. The predicted octanol–water partition coefficient (Wildman–Crippen LogP) is 2.00. The molecule has 1 aliphatic heterocycles. The van der Waals surface area contributed by atoms with Crippen LogP contribution in [0, 0.1) is 6.92 Å². The van der Waals surface area contributed by atoms with Gasteiger partial charge < -0.3 is 10.1 Å². The van der Waals surface area contributed by atoms with Gasteiger partial charge in [0, 0.05) is 5.69 Å². The van der Waals surface area contributed by atoms with E-state index in [4.69, 9.17) is 4.74 Å². The first-order valence-corrected chi connectivity index (χ1v) is 6.15. The van der Waals surface area contributed by atoms with Crippen molar-refractivity contribution < 1.29 is 4.74 Å². The summed E-state index contributed by atoms with van der Waals surface area (Å²) in [6.07, 6.45) is 2.48. The van der Waals surface area contributed by atoms with Crippen LogP contribution in [0.3, 0.4) is 0 Å². The number of nitrogens with zero attached hydrogens (tertiary/aromatic N) is 1. The van der Waals surface area contributed by atoms with Gasteiger partial charge in [0.25, 0.3) is 0 Å². The first-order chi connectivity index (χ1) is 8.34. The van der Waals surface area contributed by atoms with Crippen LogP contribution in [0.2, 0.25) is 0 Å². The molecule has 0 aliphatic carbocycles. The van der Waals surface area contributed by atoms with E-state index in [2.05, 4.69) is 15.5 Å². The number of H-pyrrole nitrogens is 1. The molecule has 0 saturated carbocycles. The van der Waals surface area contributed by atoms with E-state index in [1.165, 1.54) is 0 Å². The molecule has 17 heavy (non-hydrogen) atoms. The summed E-state index contributed by atoms with van der Waals surface area (Å²) in [5, 5.41) is 11.7. The predicted molar refractivity (Wildman–Crippen MR) is 67.4 cm³/mol. The van der Waals surface area contributed by atoms with Crippen LogP contribution in [0.4, 0.5) is 0 Å². The van der Waals surface area contributed by atoms with Crippen LogP contribution in [0.1, 0.15) is 18.5 Å². The van der Waals surface area contributed by atoms with Gasteiger partial charge in [0.1, 0.15) is 11.9 Å². The molecular weight excluding hydrogens is 214 g/mol. The average Bonchev–Trinajstić information content (AvgIpc) is 2.74. The molecule has 2 N–H and O–H groups in total. The second kappa shape index (κ2) is 4.37. The average molecular weight is 231 g/mol. The van der Waals surface area contributed by atoms with E-state index in [9.17, 15) is 0 Å². The number of piperidine rings is 1.